The minimum Gasteiger partial charge on any atom is -0.495 e. The molecule has 0 fully saturated rings. The maximum absolute atomic E-state index is 10.7. The van der Waals surface area contributed by atoms with E-state index in [2.05, 4.69) is 0 Å². The summed E-state index contributed by atoms with van der Waals surface area (Å²) in [5.74, 6) is -1.81. The highest BCUT2D eigenvalue weighted by molar-refractivity contribution is 5.72. The van der Waals surface area contributed by atoms with Gasteiger partial charge in [-0.3, -0.25) is 14.5 Å². The quantitative estimate of drug-likeness (QED) is 0.748. The number of nitrogens with zero attached hydrogens (tertiary/aromatic N) is 2. The van der Waals surface area contributed by atoms with Crippen molar-refractivity contribution in [2.45, 2.75) is 6.54 Å². The van der Waals surface area contributed by atoms with Crippen LogP contribution in [0, 0.1) is 11.3 Å². The minimum absolute atomic E-state index is 0.122. The third kappa shape index (κ3) is 4.59. The maximum Gasteiger partial charge on any atom is 0.317 e. The van der Waals surface area contributed by atoms with E-state index in [1.807, 2.05) is 6.07 Å². The first kappa shape index (κ1) is 15.5. The van der Waals surface area contributed by atoms with Crippen LogP contribution in [0.4, 0.5) is 0 Å². The van der Waals surface area contributed by atoms with Gasteiger partial charge in [0, 0.05) is 6.54 Å². The lowest BCUT2D eigenvalue weighted by atomic mass is 10.1. The minimum atomic E-state index is -1.11. The zero-order valence-electron chi connectivity index (χ0n) is 10.9. The van der Waals surface area contributed by atoms with Crippen LogP contribution in [0.25, 0.3) is 0 Å². The lowest BCUT2D eigenvalue weighted by Crippen LogP contribution is -2.33. The van der Waals surface area contributed by atoms with Crippen LogP contribution < -0.4 is 4.74 Å². The summed E-state index contributed by atoms with van der Waals surface area (Å²) in [6.07, 6.45) is 0. The van der Waals surface area contributed by atoms with Gasteiger partial charge >= 0.3 is 11.9 Å². The third-order valence-electron chi connectivity index (χ3n) is 2.51. The number of carbonyl (C=O) groups is 2. The van der Waals surface area contributed by atoms with E-state index in [1.165, 1.54) is 12.0 Å². The molecule has 106 valence electrons. The molecule has 1 aromatic carbocycles. The van der Waals surface area contributed by atoms with Crippen molar-refractivity contribution in [1.82, 2.24) is 4.90 Å². The van der Waals surface area contributed by atoms with Crippen LogP contribution in [0.3, 0.4) is 0 Å². The van der Waals surface area contributed by atoms with E-state index in [9.17, 15) is 9.59 Å². The number of hydrogen-bond acceptors (Lipinski definition) is 5. The van der Waals surface area contributed by atoms with Gasteiger partial charge in [-0.05, 0) is 17.7 Å². The summed E-state index contributed by atoms with van der Waals surface area (Å²) >= 11 is 0. The van der Waals surface area contributed by atoms with Crippen LogP contribution in [0.5, 0.6) is 5.75 Å². The molecular formula is C13H14N2O5. The zero-order valence-corrected chi connectivity index (χ0v) is 10.9. The summed E-state index contributed by atoms with van der Waals surface area (Å²) in [5.41, 5.74) is 0.959. The summed E-state index contributed by atoms with van der Waals surface area (Å²) in [6, 6.07) is 6.77. The SMILES string of the molecule is COc1ccc(CN(CC(=O)O)CC(=O)O)cc1C#N. The Kier molecular flexibility index (Phi) is 5.50. The maximum atomic E-state index is 10.7. The predicted molar refractivity (Wildman–Crippen MR) is 68.3 cm³/mol. The van der Waals surface area contributed by atoms with Crippen LogP contribution >= 0.6 is 0 Å². The van der Waals surface area contributed by atoms with Crippen LogP contribution in [-0.2, 0) is 16.1 Å². The smallest absolute Gasteiger partial charge is 0.317 e. The monoisotopic (exact) mass is 278 g/mol. The molecule has 1 aromatic rings. The van der Waals surface area contributed by atoms with Crippen LogP contribution in [0.15, 0.2) is 18.2 Å². The number of carboxylic acids is 2. The lowest BCUT2D eigenvalue weighted by molar-refractivity contribution is -0.142. The van der Waals surface area contributed by atoms with E-state index in [-0.39, 0.29) is 19.6 Å². The number of carboxylic acid groups (broad SMARTS) is 2. The highest BCUT2D eigenvalue weighted by atomic mass is 16.5. The molecule has 2 N–H and O–H groups in total. The Labute approximate surface area is 115 Å². The third-order valence-corrected chi connectivity index (χ3v) is 2.51. The van der Waals surface area contributed by atoms with E-state index in [4.69, 9.17) is 20.2 Å². The Balaban J connectivity index is 2.90. The van der Waals surface area contributed by atoms with Crippen molar-refractivity contribution < 1.29 is 24.5 Å². The van der Waals surface area contributed by atoms with Crippen molar-refractivity contribution in [1.29, 1.82) is 5.26 Å². The number of nitriles is 1. The van der Waals surface area contributed by atoms with Gasteiger partial charge in [0.05, 0.1) is 25.8 Å². The fourth-order valence-electron chi connectivity index (χ4n) is 1.75. The topological polar surface area (TPSA) is 111 Å². The first-order valence-corrected chi connectivity index (χ1v) is 5.69. The van der Waals surface area contributed by atoms with Crippen molar-refractivity contribution in [2.75, 3.05) is 20.2 Å². The van der Waals surface area contributed by atoms with E-state index >= 15 is 0 Å². The normalized spacial score (nSPS) is 10.1. The zero-order chi connectivity index (χ0) is 15.1. The summed E-state index contributed by atoms with van der Waals surface area (Å²) in [5, 5.41) is 26.5. The predicted octanol–water partition coefficient (Wildman–Crippen LogP) is 0.538. The molecule has 7 nitrogen and oxygen atoms in total. The molecule has 7 heteroatoms. The first-order valence-electron chi connectivity index (χ1n) is 5.69. The molecule has 20 heavy (non-hydrogen) atoms. The molecule has 1 rings (SSSR count). The van der Waals surface area contributed by atoms with Gasteiger partial charge in [0.2, 0.25) is 0 Å². The van der Waals surface area contributed by atoms with Crippen LogP contribution in [0.1, 0.15) is 11.1 Å². The Bertz CT molecular complexity index is 534. The largest absolute Gasteiger partial charge is 0.495 e. The van der Waals surface area contributed by atoms with Gasteiger partial charge in [-0.15, -0.1) is 0 Å². The molecule has 0 aromatic heterocycles. The molecule has 0 unspecified atom stereocenters. The molecule has 0 aliphatic carbocycles. The van der Waals surface area contributed by atoms with Crippen molar-refractivity contribution in [3.05, 3.63) is 29.3 Å². The Morgan fingerprint density at radius 1 is 1.30 bits per heavy atom. The van der Waals surface area contributed by atoms with Crippen LogP contribution in [-0.4, -0.2) is 47.3 Å². The standard InChI is InChI=1S/C13H14N2O5/c1-20-11-3-2-9(4-10(11)5-14)6-15(7-12(16)17)8-13(18)19/h2-4H,6-8H2,1H3,(H,16,17)(H,18,19). The highest BCUT2D eigenvalue weighted by Crippen LogP contribution is 2.19. The summed E-state index contributed by atoms with van der Waals surface area (Å²) in [6.45, 7) is -0.655. The Morgan fingerprint density at radius 2 is 1.90 bits per heavy atom. The van der Waals surface area contributed by atoms with Gasteiger partial charge in [0.15, 0.2) is 0 Å². The molecule has 0 heterocycles. The summed E-state index contributed by atoms with van der Waals surface area (Å²) < 4.78 is 5.00. The number of methoxy groups -OCH3 is 1. The van der Waals surface area contributed by atoms with Crippen molar-refractivity contribution >= 4 is 11.9 Å². The van der Waals surface area contributed by atoms with Gasteiger partial charge in [-0.1, -0.05) is 6.07 Å². The number of ether oxygens (including phenoxy) is 1. The molecular weight excluding hydrogens is 264 g/mol. The molecule has 0 spiro atoms. The molecule has 0 atom stereocenters. The Morgan fingerprint density at radius 3 is 2.35 bits per heavy atom. The second-order valence-electron chi connectivity index (χ2n) is 4.08. The number of benzene rings is 1. The van der Waals surface area contributed by atoms with Gasteiger partial charge in [-0.2, -0.15) is 5.26 Å². The summed E-state index contributed by atoms with van der Waals surface area (Å²) in [7, 11) is 1.44. The molecule has 0 aliphatic rings. The van der Waals surface area contributed by atoms with Gasteiger partial charge in [0.1, 0.15) is 11.8 Å². The lowest BCUT2D eigenvalue weighted by Gasteiger charge is -2.18. The molecule has 0 radical (unpaired) electrons. The average Bonchev–Trinajstić information content (AvgIpc) is 2.36. The van der Waals surface area contributed by atoms with Gasteiger partial charge in [0.25, 0.3) is 0 Å². The molecule has 0 saturated carbocycles. The van der Waals surface area contributed by atoms with Gasteiger partial charge in [-0.25, -0.2) is 0 Å². The molecule has 0 saturated heterocycles. The van der Waals surface area contributed by atoms with E-state index in [1.54, 1.807) is 18.2 Å². The second kappa shape index (κ2) is 7.11. The van der Waals surface area contributed by atoms with E-state index in [0.29, 0.717) is 16.9 Å². The van der Waals surface area contributed by atoms with Crippen LogP contribution in [0.2, 0.25) is 0 Å². The second-order valence-corrected chi connectivity index (χ2v) is 4.08. The fourth-order valence-corrected chi connectivity index (χ4v) is 1.75. The van der Waals surface area contributed by atoms with Crippen molar-refractivity contribution in [2.24, 2.45) is 0 Å². The first-order chi connectivity index (χ1) is 9.46. The molecule has 0 aliphatic heterocycles. The highest BCUT2D eigenvalue weighted by Gasteiger charge is 2.14. The van der Waals surface area contributed by atoms with Crippen molar-refractivity contribution in [3.63, 3.8) is 0 Å². The number of rotatable bonds is 7. The van der Waals surface area contributed by atoms with E-state index < -0.39 is 11.9 Å². The summed E-state index contributed by atoms with van der Waals surface area (Å²) in [4.78, 5) is 22.7. The fraction of sp³-hybridized carbons (Fsp3) is 0.308. The molecule has 0 bridgehead atoms. The van der Waals surface area contributed by atoms with Crippen molar-refractivity contribution in [3.8, 4) is 11.8 Å². The number of hydrogen-bond donors (Lipinski definition) is 2. The number of aliphatic carboxylic acids is 2. The Hall–Kier alpha value is -2.59. The molecule has 0 amide bonds. The van der Waals surface area contributed by atoms with E-state index in [0.717, 1.165) is 0 Å². The van der Waals surface area contributed by atoms with Gasteiger partial charge < -0.3 is 14.9 Å². The average molecular weight is 278 g/mol.